The van der Waals surface area contributed by atoms with Crippen LogP contribution < -0.4 is 10.6 Å². The van der Waals surface area contributed by atoms with Gasteiger partial charge in [-0.2, -0.15) is 0 Å². The van der Waals surface area contributed by atoms with E-state index in [1.54, 1.807) is 0 Å². The zero-order valence-corrected chi connectivity index (χ0v) is 12.0. The van der Waals surface area contributed by atoms with E-state index in [0.717, 1.165) is 0 Å². The van der Waals surface area contributed by atoms with Crippen LogP contribution in [0, 0.1) is 0 Å². The predicted molar refractivity (Wildman–Crippen MR) is 70.2 cm³/mol. The minimum atomic E-state index is -1.26. The average molecular weight is 276 g/mol. The minimum absolute atomic E-state index is 0.248. The van der Waals surface area contributed by atoms with Gasteiger partial charge in [0, 0.05) is 20.8 Å². The summed E-state index contributed by atoms with van der Waals surface area (Å²) < 4.78 is 10.00. The number of carbonyl (C=O) groups excluding carboxylic acids is 1. The maximum atomic E-state index is 11.7. The number of carbonyl (C=O) groups is 2. The van der Waals surface area contributed by atoms with Gasteiger partial charge in [0.2, 0.25) is 0 Å². The van der Waals surface area contributed by atoms with Gasteiger partial charge in [0.25, 0.3) is 0 Å². The van der Waals surface area contributed by atoms with Crippen molar-refractivity contribution in [3.63, 3.8) is 0 Å². The number of hydrogen-bond acceptors (Lipinski definition) is 4. The lowest BCUT2D eigenvalue weighted by molar-refractivity contribution is -0.144. The number of carboxylic acid groups (broad SMARTS) is 1. The first kappa shape index (κ1) is 17.7. The van der Waals surface area contributed by atoms with E-state index in [1.807, 2.05) is 6.92 Å². The van der Waals surface area contributed by atoms with E-state index in [9.17, 15) is 9.59 Å². The second kappa shape index (κ2) is 8.71. The van der Waals surface area contributed by atoms with Gasteiger partial charge in [-0.25, -0.2) is 9.59 Å². The van der Waals surface area contributed by atoms with Crippen LogP contribution in [-0.2, 0) is 14.3 Å². The molecule has 0 radical (unpaired) electrons. The van der Waals surface area contributed by atoms with Crippen LogP contribution >= 0.6 is 0 Å². The van der Waals surface area contributed by atoms with Crippen molar-refractivity contribution >= 4 is 12.0 Å². The summed E-state index contributed by atoms with van der Waals surface area (Å²) in [6, 6.07) is -0.531. The molecule has 0 aliphatic heterocycles. The summed E-state index contributed by atoms with van der Waals surface area (Å²) in [7, 11) is 3.05. The third-order valence-electron chi connectivity index (χ3n) is 2.79. The molecule has 0 aromatic carbocycles. The highest BCUT2D eigenvalue weighted by atomic mass is 16.5. The Labute approximate surface area is 113 Å². The largest absolute Gasteiger partial charge is 0.480 e. The molecule has 0 fully saturated rings. The van der Waals surface area contributed by atoms with Crippen molar-refractivity contribution in [3.8, 4) is 0 Å². The zero-order valence-electron chi connectivity index (χ0n) is 12.0. The fourth-order valence-corrected chi connectivity index (χ4v) is 1.62. The number of aliphatic carboxylic acids is 1. The van der Waals surface area contributed by atoms with Crippen molar-refractivity contribution in [3.05, 3.63) is 0 Å². The number of rotatable bonds is 9. The number of ether oxygens (including phenoxy) is 2. The van der Waals surface area contributed by atoms with Crippen LogP contribution in [0.4, 0.5) is 4.79 Å². The van der Waals surface area contributed by atoms with Crippen molar-refractivity contribution in [2.75, 3.05) is 27.4 Å². The molecule has 19 heavy (non-hydrogen) atoms. The summed E-state index contributed by atoms with van der Waals surface area (Å²) in [5.41, 5.74) is -1.26. The van der Waals surface area contributed by atoms with Gasteiger partial charge >= 0.3 is 12.0 Å². The van der Waals surface area contributed by atoms with Crippen LogP contribution in [0.5, 0.6) is 0 Å². The summed E-state index contributed by atoms with van der Waals surface area (Å²) in [6.45, 7) is 3.95. The zero-order chi connectivity index (χ0) is 14.9. The predicted octanol–water partition coefficient (Wildman–Crippen LogP) is 0.590. The molecule has 2 unspecified atom stereocenters. The van der Waals surface area contributed by atoms with Gasteiger partial charge in [0.1, 0.15) is 5.54 Å². The van der Waals surface area contributed by atoms with Crippen molar-refractivity contribution in [2.24, 2.45) is 0 Å². The van der Waals surface area contributed by atoms with Gasteiger partial charge in [-0.05, 0) is 13.3 Å². The van der Waals surface area contributed by atoms with Crippen LogP contribution in [0.25, 0.3) is 0 Å². The summed E-state index contributed by atoms with van der Waals surface area (Å²) >= 11 is 0. The van der Waals surface area contributed by atoms with E-state index in [1.165, 1.54) is 21.1 Å². The van der Waals surface area contributed by atoms with Gasteiger partial charge in [-0.15, -0.1) is 0 Å². The Morgan fingerprint density at radius 3 is 2.42 bits per heavy atom. The number of nitrogens with one attached hydrogen (secondary N) is 2. The molecule has 0 aromatic rings. The molecule has 0 rings (SSSR count). The molecule has 3 N–H and O–H groups in total. The van der Waals surface area contributed by atoms with E-state index >= 15 is 0 Å². The Morgan fingerprint density at radius 2 is 2.00 bits per heavy atom. The van der Waals surface area contributed by atoms with Crippen LogP contribution in [0.3, 0.4) is 0 Å². The molecule has 0 saturated heterocycles. The van der Waals surface area contributed by atoms with E-state index < -0.39 is 17.5 Å². The molecular formula is C12H24N2O5. The Kier molecular flexibility index (Phi) is 8.09. The first-order chi connectivity index (χ1) is 8.89. The minimum Gasteiger partial charge on any atom is -0.480 e. The molecule has 2 atom stereocenters. The lowest BCUT2D eigenvalue weighted by Gasteiger charge is -2.26. The van der Waals surface area contributed by atoms with E-state index in [0.29, 0.717) is 19.4 Å². The van der Waals surface area contributed by atoms with Crippen molar-refractivity contribution in [2.45, 2.75) is 38.3 Å². The van der Waals surface area contributed by atoms with Gasteiger partial charge in [-0.1, -0.05) is 13.3 Å². The van der Waals surface area contributed by atoms with Gasteiger partial charge < -0.3 is 25.2 Å². The van der Waals surface area contributed by atoms with E-state index in [-0.39, 0.29) is 12.6 Å². The second-order valence-corrected chi connectivity index (χ2v) is 4.54. The molecule has 7 nitrogen and oxygen atoms in total. The van der Waals surface area contributed by atoms with Crippen molar-refractivity contribution in [1.82, 2.24) is 10.6 Å². The summed E-state index contributed by atoms with van der Waals surface area (Å²) in [5, 5.41) is 14.2. The number of hydrogen-bond donors (Lipinski definition) is 3. The molecule has 0 bridgehead atoms. The quantitative estimate of drug-likeness (QED) is 0.572. The summed E-state index contributed by atoms with van der Waals surface area (Å²) in [4.78, 5) is 22.8. The van der Waals surface area contributed by atoms with Crippen molar-refractivity contribution < 1.29 is 24.2 Å². The molecule has 0 saturated carbocycles. The average Bonchev–Trinajstić information content (AvgIpc) is 2.34. The highest BCUT2D eigenvalue weighted by molar-refractivity contribution is 5.85. The molecule has 112 valence electrons. The number of urea groups is 1. The number of carboxylic acids is 1. The van der Waals surface area contributed by atoms with Crippen LogP contribution in [-0.4, -0.2) is 56.1 Å². The third kappa shape index (κ3) is 6.40. The Bertz CT molecular complexity index is 298. The third-order valence-corrected chi connectivity index (χ3v) is 2.79. The maximum Gasteiger partial charge on any atom is 0.329 e. The SMILES string of the molecule is CCCC(C)(NC(=O)NCC(COC)OC)C(=O)O. The highest BCUT2D eigenvalue weighted by Crippen LogP contribution is 2.12. The standard InChI is InChI=1S/C12H24N2O5/c1-5-6-12(2,10(15)16)14-11(17)13-7-9(19-4)8-18-3/h9H,5-8H2,1-4H3,(H,15,16)(H2,13,14,17). The molecule has 7 heteroatoms. The monoisotopic (exact) mass is 276 g/mol. The summed E-state index contributed by atoms with van der Waals surface area (Å²) in [6.07, 6.45) is 0.757. The first-order valence-corrected chi connectivity index (χ1v) is 6.20. The van der Waals surface area contributed by atoms with Crippen molar-refractivity contribution in [1.29, 1.82) is 0 Å². The topological polar surface area (TPSA) is 96.9 Å². The Hall–Kier alpha value is -1.34. The lowest BCUT2D eigenvalue weighted by Crippen LogP contribution is -2.56. The molecular weight excluding hydrogens is 252 g/mol. The Morgan fingerprint density at radius 1 is 1.37 bits per heavy atom. The number of methoxy groups -OCH3 is 2. The van der Waals surface area contributed by atoms with Crippen LogP contribution in [0.2, 0.25) is 0 Å². The molecule has 2 amide bonds. The molecule has 0 spiro atoms. The number of amides is 2. The van der Waals surface area contributed by atoms with E-state index in [4.69, 9.17) is 14.6 Å². The molecule has 0 aliphatic rings. The molecule has 0 aliphatic carbocycles. The lowest BCUT2D eigenvalue weighted by atomic mass is 9.97. The summed E-state index contributed by atoms with van der Waals surface area (Å²) in [5.74, 6) is -1.05. The fourth-order valence-electron chi connectivity index (χ4n) is 1.62. The van der Waals surface area contributed by atoms with Gasteiger partial charge in [0.15, 0.2) is 0 Å². The Balaban J connectivity index is 4.31. The van der Waals surface area contributed by atoms with E-state index in [2.05, 4.69) is 10.6 Å². The highest BCUT2D eigenvalue weighted by Gasteiger charge is 2.33. The van der Waals surface area contributed by atoms with Gasteiger partial charge in [0.05, 0.1) is 12.7 Å². The molecule has 0 heterocycles. The fraction of sp³-hybridized carbons (Fsp3) is 0.833. The first-order valence-electron chi connectivity index (χ1n) is 6.20. The normalized spacial score (nSPS) is 15.4. The van der Waals surface area contributed by atoms with Gasteiger partial charge in [-0.3, -0.25) is 0 Å². The van der Waals surface area contributed by atoms with Crippen LogP contribution in [0.15, 0.2) is 0 Å². The maximum absolute atomic E-state index is 11.7. The smallest absolute Gasteiger partial charge is 0.329 e. The van der Waals surface area contributed by atoms with Crippen LogP contribution in [0.1, 0.15) is 26.7 Å². The molecule has 0 aromatic heterocycles. The second-order valence-electron chi connectivity index (χ2n) is 4.54.